The van der Waals surface area contributed by atoms with Gasteiger partial charge in [-0.25, -0.2) is 9.78 Å². The van der Waals surface area contributed by atoms with Gasteiger partial charge in [0.15, 0.2) is 11.2 Å². The molecule has 0 bridgehead atoms. The van der Waals surface area contributed by atoms with Gasteiger partial charge in [0.1, 0.15) is 0 Å². The lowest BCUT2D eigenvalue weighted by Gasteiger charge is -2.08. The first kappa shape index (κ1) is 15.2. The van der Waals surface area contributed by atoms with Gasteiger partial charge < -0.3 is 14.0 Å². The smallest absolute Gasteiger partial charge is 0.337 e. The van der Waals surface area contributed by atoms with Crippen LogP contribution in [-0.2, 0) is 11.3 Å². The molecule has 0 radical (unpaired) electrons. The van der Waals surface area contributed by atoms with Crippen molar-refractivity contribution in [2.24, 2.45) is 0 Å². The largest absolute Gasteiger partial charge is 0.479 e. The van der Waals surface area contributed by atoms with E-state index in [9.17, 15) is 4.79 Å². The Bertz CT molecular complexity index is 878. The zero-order valence-corrected chi connectivity index (χ0v) is 13.2. The fourth-order valence-electron chi connectivity index (χ4n) is 2.29. The molecular weight excluding hydrogens is 320 g/mol. The van der Waals surface area contributed by atoms with E-state index < -0.39 is 0 Å². The molecule has 2 heterocycles. The molecule has 118 valence electrons. The van der Waals surface area contributed by atoms with Crippen molar-refractivity contribution in [2.45, 2.75) is 6.54 Å². The summed E-state index contributed by atoms with van der Waals surface area (Å²) < 4.78 is 11.8. The first-order valence-electron chi connectivity index (χ1n) is 6.72. The zero-order chi connectivity index (χ0) is 16.4. The van der Waals surface area contributed by atoms with Gasteiger partial charge in [-0.1, -0.05) is 12.1 Å². The normalized spacial score (nSPS) is 10.7. The Hall–Kier alpha value is -2.67. The molecule has 0 spiro atoms. The van der Waals surface area contributed by atoms with Crippen LogP contribution in [0.15, 0.2) is 30.6 Å². The minimum atomic E-state index is -0.380. The summed E-state index contributed by atoms with van der Waals surface area (Å²) in [6.45, 7) is 0.475. The summed E-state index contributed by atoms with van der Waals surface area (Å²) in [6.07, 6.45) is 1.63. The molecule has 3 aromatic rings. The van der Waals surface area contributed by atoms with Gasteiger partial charge in [-0.15, -0.1) is 0 Å². The fourth-order valence-corrected chi connectivity index (χ4v) is 2.45. The summed E-state index contributed by atoms with van der Waals surface area (Å²) in [6, 6.07) is 7.17. The number of nitrogens with zero attached hydrogens (tertiary/aromatic N) is 4. The fraction of sp³-hybridized carbons (Fsp3) is 0.200. The minimum absolute atomic E-state index is 0.0762. The number of hydrogen-bond donors (Lipinski definition) is 0. The van der Waals surface area contributed by atoms with Crippen LogP contribution in [0.5, 0.6) is 5.88 Å². The predicted octanol–water partition coefficient (Wildman–Crippen LogP) is 2.32. The summed E-state index contributed by atoms with van der Waals surface area (Å²) in [5.74, 6) is -0.0309. The third kappa shape index (κ3) is 2.95. The van der Waals surface area contributed by atoms with Crippen molar-refractivity contribution in [2.75, 3.05) is 14.2 Å². The molecule has 7 nitrogen and oxygen atoms in total. The van der Waals surface area contributed by atoms with Gasteiger partial charge in [0, 0.05) is 6.54 Å². The number of esters is 1. The van der Waals surface area contributed by atoms with Crippen molar-refractivity contribution in [1.29, 1.82) is 0 Å². The molecule has 0 fully saturated rings. The minimum Gasteiger partial charge on any atom is -0.479 e. The molecule has 0 aliphatic heterocycles. The number of hydrogen-bond acceptors (Lipinski definition) is 6. The van der Waals surface area contributed by atoms with Crippen molar-refractivity contribution >= 4 is 28.7 Å². The van der Waals surface area contributed by atoms with Crippen molar-refractivity contribution in [3.63, 3.8) is 0 Å². The molecule has 23 heavy (non-hydrogen) atoms. The highest BCUT2D eigenvalue weighted by Crippen LogP contribution is 2.24. The van der Waals surface area contributed by atoms with Gasteiger partial charge >= 0.3 is 5.97 Å². The van der Waals surface area contributed by atoms with E-state index in [-0.39, 0.29) is 11.3 Å². The van der Waals surface area contributed by atoms with Crippen LogP contribution >= 0.6 is 11.6 Å². The van der Waals surface area contributed by atoms with Gasteiger partial charge in [0.25, 0.3) is 0 Å². The molecule has 3 rings (SSSR count). The highest BCUT2D eigenvalue weighted by molar-refractivity contribution is 6.28. The Kier molecular flexibility index (Phi) is 4.12. The summed E-state index contributed by atoms with van der Waals surface area (Å²) in [5, 5.41) is 0.0762. The Morgan fingerprint density at radius 1 is 1.30 bits per heavy atom. The van der Waals surface area contributed by atoms with Crippen molar-refractivity contribution < 1.29 is 14.3 Å². The third-order valence-corrected chi connectivity index (χ3v) is 3.48. The maximum Gasteiger partial charge on any atom is 0.337 e. The third-order valence-electron chi connectivity index (χ3n) is 3.31. The number of carbonyl (C=O) groups is 1. The second kappa shape index (κ2) is 6.21. The second-order valence-corrected chi connectivity index (χ2v) is 5.08. The standard InChI is InChI=1S/C15H13ClN4O3/c1-22-13-11-12(18-15(16)19-13)17-8-20(11)7-9-4-3-5-10(6-9)14(21)23-2/h3-6,8H,7H2,1-2H3. The highest BCUT2D eigenvalue weighted by Gasteiger charge is 2.14. The number of carbonyl (C=O) groups excluding carboxylic acids is 1. The molecular formula is C15H13ClN4O3. The number of imidazole rings is 1. The van der Waals surface area contributed by atoms with Gasteiger partial charge in [0.05, 0.1) is 26.1 Å². The van der Waals surface area contributed by atoms with E-state index >= 15 is 0 Å². The SMILES string of the molecule is COC(=O)c1cccc(Cn2cnc3nc(Cl)nc(OC)c32)c1. The number of fused-ring (bicyclic) bond motifs is 1. The molecule has 0 aliphatic carbocycles. The summed E-state index contributed by atoms with van der Waals surface area (Å²) in [7, 11) is 2.86. The maximum atomic E-state index is 11.6. The number of ether oxygens (including phenoxy) is 2. The topological polar surface area (TPSA) is 79.1 Å². The molecule has 0 saturated carbocycles. The molecule has 2 aromatic heterocycles. The average Bonchev–Trinajstić information content (AvgIpc) is 2.96. The maximum absolute atomic E-state index is 11.6. The van der Waals surface area contributed by atoms with Gasteiger partial charge in [-0.2, -0.15) is 9.97 Å². The first-order chi connectivity index (χ1) is 11.1. The highest BCUT2D eigenvalue weighted by atomic mass is 35.5. The molecule has 0 saturated heterocycles. The van der Waals surface area contributed by atoms with E-state index in [4.69, 9.17) is 21.1 Å². The number of benzene rings is 1. The molecule has 1 aromatic carbocycles. The quantitative estimate of drug-likeness (QED) is 0.539. The second-order valence-electron chi connectivity index (χ2n) is 4.74. The number of rotatable bonds is 4. The van der Waals surface area contributed by atoms with E-state index in [1.807, 2.05) is 10.6 Å². The molecule has 0 aliphatic rings. The lowest BCUT2D eigenvalue weighted by molar-refractivity contribution is 0.0600. The summed E-state index contributed by atoms with van der Waals surface area (Å²) in [5.41, 5.74) is 2.48. The van der Waals surface area contributed by atoms with E-state index in [1.165, 1.54) is 14.2 Å². The van der Waals surface area contributed by atoms with E-state index in [2.05, 4.69) is 15.0 Å². The van der Waals surface area contributed by atoms with Crippen LogP contribution in [0.25, 0.3) is 11.2 Å². The molecule has 0 N–H and O–H groups in total. The lowest BCUT2D eigenvalue weighted by Crippen LogP contribution is -2.04. The van der Waals surface area contributed by atoms with Gasteiger partial charge in [0.2, 0.25) is 11.2 Å². The van der Waals surface area contributed by atoms with Crippen LogP contribution in [0.2, 0.25) is 5.28 Å². The number of aromatic nitrogens is 4. The van der Waals surface area contributed by atoms with Crippen LogP contribution in [0.1, 0.15) is 15.9 Å². The summed E-state index contributed by atoms with van der Waals surface area (Å²) >= 11 is 5.84. The number of halogens is 1. The molecule has 0 atom stereocenters. The van der Waals surface area contributed by atoms with Crippen molar-refractivity contribution in [3.05, 3.63) is 47.0 Å². The predicted molar refractivity (Wildman–Crippen MR) is 83.8 cm³/mol. The van der Waals surface area contributed by atoms with Crippen LogP contribution in [0.4, 0.5) is 0 Å². The van der Waals surface area contributed by atoms with Crippen LogP contribution in [0.3, 0.4) is 0 Å². The first-order valence-corrected chi connectivity index (χ1v) is 7.10. The van der Waals surface area contributed by atoms with Crippen molar-refractivity contribution in [1.82, 2.24) is 19.5 Å². The molecule has 0 amide bonds. The van der Waals surface area contributed by atoms with Crippen LogP contribution in [-0.4, -0.2) is 39.7 Å². The van der Waals surface area contributed by atoms with E-state index in [0.29, 0.717) is 29.2 Å². The van der Waals surface area contributed by atoms with Crippen LogP contribution < -0.4 is 4.74 Å². The van der Waals surface area contributed by atoms with E-state index in [0.717, 1.165) is 5.56 Å². The van der Waals surface area contributed by atoms with Gasteiger partial charge in [-0.3, -0.25) is 0 Å². The monoisotopic (exact) mass is 332 g/mol. The molecule has 8 heteroatoms. The van der Waals surface area contributed by atoms with E-state index in [1.54, 1.807) is 24.5 Å². The Morgan fingerprint density at radius 3 is 2.87 bits per heavy atom. The molecule has 0 unspecified atom stereocenters. The zero-order valence-electron chi connectivity index (χ0n) is 12.5. The average molecular weight is 333 g/mol. The Labute approximate surface area is 136 Å². The lowest BCUT2D eigenvalue weighted by atomic mass is 10.1. The van der Waals surface area contributed by atoms with Gasteiger partial charge in [-0.05, 0) is 29.3 Å². The van der Waals surface area contributed by atoms with Crippen LogP contribution in [0, 0.1) is 0 Å². The Balaban J connectivity index is 2.01. The number of methoxy groups -OCH3 is 2. The Morgan fingerprint density at radius 2 is 2.13 bits per heavy atom. The van der Waals surface area contributed by atoms with Crippen molar-refractivity contribution in [3.8, 4) is 5.88 Å². The summed E-state index contributed by atoms with van der Waals surface area (Å²) in [4.78, 5) is 24.0.